The second-order valence-corrected chi connectivity index (χ2v) is 10.0. The van der Waals surface area contributed by atoms with Crippen molar-refractivity contribution in [1.82, 2.24) is 10.2 Å². The van der Waals surface area contributed by atoms with Gasteiger partial charge in [0.2, 0.25) is 5.91 Å². The summed E-state index contributed by atoms with van der Waals surface area (Å²) in [5.41, 5.74) is 1.90. The van der Waals surface area contributed by atoms with E-state index < -0.39 is 6.04 Å². The molecule has 0 radical (unpaired) electrons. The second kappa shape index (κ2) is 11.1. The Morgan fingerprint density at radius 2 is 1.66 bits per heavy atom. The van der Waals surface area contributed by atoms with Crippen molar-refractivity contribution in [2.24, 2.45) is 0 Å². The van der Waals surface area contributed by atoms with E-state index in [1.165, 1.54) is 10.5 Å². The van der Waals surface area contributed by atoms with Crippen molar-refractivity contribution in [3.8, 4) is 5.75 Å². The number of halogens is 2. The quantitative estimate of drug-likeness (QED) is 0.535. The first-order valence-electron chi connectivity index (χ1n) is 10.7. The van der Waals surface area contributed by atoms with Gasteiger partial charge >= 0.3 is 0 Å². The number of carbonyl (C=O) groups excluding carboxylic acids is 2. The monoisotopic (exact) mass is 478 g/mol. The van der Waals surface area contributed by atoms with Crippen molar-refractivity contribution in [3.63, 3.8) is 0 Å². The van der Waals surface area contributed by atoms with Crippen LogP contribution in [0.4, 0.5) is 0 Å². The summed E-state index contributed by atoms with van der Waals surface area (Å²) in [6.45, 7) is 11.8. The molecule has 2 aromatic rings. The fraction of sp³-hybridized carbons (Fsp3) is 0.440. The van der Waals surface area contributed by atoms with E-state index in [1.807, 2.05) is 38.1 Å². The molecule has 1 atom stereocenters. The number of amides is 2. The predicted octanol–water partition coefficient (Wildman–Crippen LogP) is 5.61. The zero-order chi connectivity index (χ0) is 24.1. The van der Waals surface area contributed by atoms with Crippen LogP contribution in [0.2, 0.25) is 10.0 Å². The Kier molecular flexibility index (Phi) is 8.99. The Morgan fingerprint density at radius 3 is 2.19 bits per heavy atom. The summed E-state index contributed by atoms with van der Waals surface area (Å²) in [6, 6.07) is 12.0. The smallest absolute Gasteiger partial charge is 0.261 e. The van der Waals surface area contributed by atoms with Gasteiger partial charge in [-0.05, 0) is 61.6 Å². The van der Waals surface area contributed by atoms with Crippen LogP contribution in [0.15, 0.2) is 42.5 Å². The van der Waals surface area contributed by atoms with E-state index in [2.05, 4.69) is 26.1 Å². The van der Waals surface area contributed by atoms with Crippen molar-refractivity contribution in [2.45, 2.75) is 65.6 Å². The fourth-order valence-electron chi connectivity index (χ4n) is 3.10. The minimum absolute atomic E-state index is 0.0300. The molecule has 1 N–H and O–H groups in total. The van der Waals surface area contributed by atoms with Gasteiger partial charge in [-0.15, -0.1) is 0 Å². The van der Waals surface area contributed by atoms with Crippen LogP contribution >= 0.6 is 23.2 Å². The van der Waals surface area contributed by atoms with E-state index in [9.17, 15) is 9.59 Å². The van der Waals surface area contributed by atoms with Gasteiger partial charge < -0.3 is 15.0 Å². The van der Waals surface area contributed by atoms with E-state index in [-0.39, 0.29) is 36.4 Å². The molecule has 5 nitrogen and oxygen atoms in total. The third kappa shape index (κ3) is 7.42. The summed E-state index contributed by atoms with van der Waals surface area (Å²) in [6.07, 6.45) is 0. The van der Waals surface area contributed by atoms with Crippen LogP contribution in [0.3, 0.4) is 0 Å². The maximum Gasteiger partial charge on any atom is 0.261 e. The first kappa shape index (κ1) is 26.0. The van der Waals surface area contributed by atoms with E-state index >= 15 is 0 Å². The number of hydrogen-bond donors (Lipinski definition) is 1. The molecule has 0 saturated heterocycles. The molecule has 0 spiro atoms. The number of carbonyl (C=O) groups is 2. The molecule has 0 aromatic heterocycles. The summed E-state index contributed by atoms with van der Waals surface area (Å²) in [4.78, 5) is 27.2. The Bertz CT molecular complexity index is 937. The lowest BCUT2D eigenvalue weighted by Gasteiger charge is -2.29. The van der Waals surface area contributed by atoms with E-state index in [4.69, 9.17) is 27.9 Å². The molecular weight excluding hydrogens is 447 g/mol. The SMILES string of the molecule is CC(C)NC(=O)[C@H](C)N(Cc1ccc(Cl)cc1Cl)C(=O)COc1ccc(C(C)(C)C)cc1. The van der Waals surface area contributed by atoms with Gasteiger partial charge in [0.05, 0.1) is 0 Å². The van der Waals surface area contributed by atoms with Gasteiger partial charge in [-0.1, -0.05) is 62.2 Å². The maximum absolute atomic E-state index is 13.1. The van der Waals surface area contributed by atoms with E-state index in [1.54, 1.807) is 25.1 Å². The van der Waals surface area contributed by atoms with Crippen LogP contribution in [0.25, 0.3) is 0 Å². The molecule has 0 aliphatic heterocycles. The highest BCUT2D eigenvalue weighted by atomic mass is 35.5. The molecule has 2 aromatic carbocycles. The topological polar surface area (TPSA) is 58.6 Å². The fourth-order valence-corrected chi connectivity index (χ4v) is 3.57. The Labute approximate surface area is 201 Å². The van der Waals surface area contributed by atoms with Gasteiger partial charge in [0.1, 0.15) is 11.8 Å². The minimum atomic E-state index is -0.705. The van der Waals surface area contributed by atoms with E-state index in [0.29, 0.717) is 21.4 Å². The largest absolute Gasteiger partial charge is 0.484 e. The summed E-state index contributed by atoms with van der Waals surface area (Å²) in [7, 11) is 0. The first-order chi connectivity index (χ1) is 14.9. The number of benzene rings is 2. The van der Waals surface area contributed by atoms with Crippen molar-refractivity contribution in [2.75, 3.05) is 6.61 Å². The molecular formula is C25H32Cl2N2O3. The molecule has 0 bridgehead atoms. The number of nitrogens with one attached hydrogen (secondary N) is 1. The summed E-state index contributed by atoms with van der Waals surface area (Å²) in [5.74, 6) is 0.0328. The van der Waals surface area contributed by atoms with Crippen LogP contribution in [-0.4, -0.2) is 35.4 Å². The average Bonchev–Trinajstić information content (AvgIpc) is 2.70. The summed E-state index contributed by atoms with van der Waals surface area (Å²) < 4.78 is 5.74. The predicted molar refractivity (Wildman–Crippen MR) is 130 cm³/mol. The maximum atomic E-state index is 13.1. The Morgan fingerprint density at radius 1 is 1.03 bits per heavy atom. The van der Waals surface area contributed by atoms with Crippen LogP contribution in [0.1, 0.15) is 52.7 Å². The van der Waals surface area contributed by atoms with Crippen LogP contribution in [0.5, 0.6) is 5.75 Å². The van der Waals surface area contributed by atoms with Crippen LogP contribution in [-0.2, 0) is 21.5 Å². The molecule has 0 fully saturated rings. The lowest BCUT2D eigenvalue weighted by molar-refractivity contribution is -0.142. The lowest BCUT2D eigenvalue weighted by Crippen LogP contribution is -2.50. The van der Waals surface area contributed by atoms with Crippen molar-refractivity contribution in [3.05, 3.63) is 63.6 Å². The second-order valence-electron chi connectivity index (χ2n) is 9.16. The van der Waals surface area contributed by atoms with Gasteiger partial charge in [0, 0.05) is 22.6 Å². The third-order valence-corrected chi connectivity index (χ3v) is 5.62. The lowest BCUT2D eigenvalue weighted by atomic mass is 9.87. The molecule has 0 aliphatic rings. The Hall–Kier alpha value is -2.24. The molecule has 2 amide bonds. The number of nitrogens with zero attached hydrogens (tertiary/aromatic N) is 1. The molecule has 0 aliphatic carbocycles. The van der Waals surface area contributed by atoms with Gasteiger partial charge in [-0.3, -0.25) is 9.59 Å². The highest BCUT2D eigenvalue weighted by Gasteiger charge is 2.27. The standard InChI is InChI=1S/C25H32Cl2N2O3/c1-16(2)28-24(31)17(3)29(14-18-7-10-20(26)13-22(18)27)23(30)15-32-21-11-8-19(9-12-21)25(4,5)6/h7-13,16-17H,14-15H2,1-6H3,(H,28,31)/t17-/m0/s1. The van der Waals surface area contributed by atoms with Crippen molar-refractivity contribution >= 4 is 35.0 Å². The zero-order valence-electron chi connectivity index (χ0n) is 19.5. The number of hydrogen-bond acceptors (Lipinski definition) is 3. The molecule has 0 heterocycles. The molecule has 2 rings (SSSR count). The summed E-state index contributed by atoms with van der Waals surface area (Å²) in [5, 5.41) is 3.79. The van der Waals surface area contributed by atoms with Gasteiger partial charge in [0.25, 0.3) is 5.91 Å². The average molecular weight is 479 g/mol. The molecule has 32 heavy (non-hydrogen) atoms. The van der Waals surface area contributed by atoms with Gasteiger partial charge in [0.15, 0.2) is 6.61 Å². The molecule has 7 heteroatoms. The molecule has 174 valence electrons. The zero-order valence-corrected chi connectivity index (χ0v) is 21.1. The third-order valence-electron chi connectivity index (χ3n) is 5.04. The van der Waals surface area contributed by atoms with Crippen molar-refractivity contribution < 1.29 is 14.3 Å². The van der Waals surface area contributed by atoms with Crippen molar-refractivity contribution in [1.29, 1.82) is 0 Å². The normalized spacial score (nSPS) is 12.4. The number of rotatable bonds is 8. The first-order valence-corrected chi connectivity index (χ1v) is 11.4. The van der Waals surface area contributed by atoms with Crippen LogP contribution in [0, 0.1) is 0 Å². The number of ether oxygens (including phenoxy) is 1. The highest BCUT2D eigenvalue weighted by Crippen LogP contribution is 2.25. The van der Waals surface area contributed by atoms with Crippen LogP contribution < -0.4 is 10.1 Å². The molecule has 0 saturated carbocycles. The van der Waals surface area contributed by atoms with Gasteiger partial charge in [-0.25, -0.2) is 0 Å². The van der Waals surface area contributed by atoms with Gasteiger partial charge in [-0.2, -0.15) is 0 Å². The molecule has 0 unspecified atom stereocenters. The minimum Gasteiger partial charge on any atom is -0.484 e. The Balaban J connectivity index is 2.18. The van der Waals surface area contributed by atoms with E-state index in [0.717, 1.165) is 0 Å². The highest BCUT2D eigenvalue weighted by molar-refractivity contribution is 6.35. The summed E-state index contributed by atoms with van der Waals surface area (Å²) >= 11 is 12.3.